The van der Waals surface area contributed by atoms with Gasteiger partial charge in [-0.25, -0.2) is 0 Å². The van der Waals surface area contributed by atoms with E-state index in [2.05, 4.69) is 54.5 Å². The van der Waals surface area contributed by atoms with Crippen LogP contribution in [0.3, 0.4) is 0 Å². The lowest BCUT2D eigenvalue weighted by Crippen LogP contribution is -2.65. The molecule has 0 aromatic heterocycles. The van der Waals surface area contributed by atoms with Gasteiger partial charge in [0.2, 0.25) is 0 Å². The van der Waals surface area contributed by atoms with Crippen LogP contribution in [0, 0.1) is 50.2 Å². The average Bonchev–Trinajstić information content (AvgIpc) is 2.73. The van der Waals surface area contributed by atoms with Gasteiger partial charge >= 0.3 is 0 Å². The van der Waals surface area contributed by atoms with Gasteiger partial charge in [-0.05, 0) is 109 Å². The lowest BCUT2D eigenvalue weighted by atomic mass is 9.33. The maximum absolute atomic E-state index is 10.9. The van der Waals surface area contributed by atoms with Crippen molar-refractivity contribution in [3.8, 4) is 0 Å². The van der Waals surface area contributed by atoms with Crippen molar-refractivity contribution in [2.75, 3.05) is 6.61 Å². The first kappa shape index (κ1) is 23.4. The fraction of sp³-hybridized carbons (Fsp3) is 0.933. The van der Waals surface area contributed by atoms with E-state index in [0.717, 1.165) is 25.2 Å². The predicted molar refractivity (Wildman–Crippen MR) is 132 cm³/mol. The predicted octanol–water partition coefficient (Wildman–Crippen LogP) is 7.14. The Morgan fingerprint density at radius 1 is 0.844 bits per heavy atom. The number of fused-ring (bicyclic) bond motifs is 7. The molecule has 0 spiro atoms. The van der Waals surface area contributed by atoms with Crippen molar-refractivity contribution in [2.24, 2.45) is 50.2 Å². The number of allylic oxidation sites excluding steroid dienone is 2. The molecule has 9 atom stereocenters. The minimum Gasteiger partial charge on any atom is -0.396 e. The highest BCUT2D eigenvalue weighted by molar-refractivity contribution is 5.33. The summed E-state index contributed by atoms with van der Waals surface area (Å²) in [6, 6.07) is 0. The Labute approximate surface area is 197 Å². The normalized spacial score (nSPS) is 56.8. The van der Waals surface area contributed by atoms with Crippen LogP contribution in [0.5, 0.6) is 0 Å². The number of aliphatic hydroxyl groups excluding tert-OH is 2. The molecule has 0 aromatic rings. The van der Waals surface area contributed by atoms with Crippen molar-refractivity contribution in [2.45, 2.75) is 119 Å². The van der Waals surface area contributed by atoms with Crippen LogP contribution in [0.4, 0.5) is 0 Å². The summed E-state index contributed by atoms with van der Waals surface area (Å²) in [5.74, 6) is 1.83. The monoisotopic (exact) mass is 442 g/mol. The first-order valence-electron chi connectivity index (χ1n) is 13.8. The van der Waals surface area contributed by atoms with Gasteiger partial charge in [0, 0.05) is 5.41 Å². The van der Waals surface area contributed by atoms with Crippen molar-refractivity contribution in [3.05, 3.63) is 11.6 Å². The number of hydrogen-bond acceptors (Lipinski definition) is 2. The molecular weight excluding hydrogens is 392 g/mol. The topological polar surface area (TPSA) is 40.5 Å². The molecule has 0 saturated heterocycles. The largest absolute Gasteiger partial charge is 0.396 e. The molecular formula is C30H50O2. The van der Waals surface area contributed by atoms with E-state index in [1.807, 2.05) is 5.57 Å². The van der Waals surface area contributed by atoms with Crippen LogP contribution in [-0.2, 0) is 0 Å². The molecule has 32 heavy (non-hydrogen) atoms. The zero-order valence-corrected chi connectivity index (χ0v) is 22.1. The van der Waals surface area contributed by atoms with E-state index in [1.165, 1.54) is 44.9 Å². The van der Waals surface area contributed by atoms with E-state index in [4.69, 9.17) is 0 Å². The van der Waals surface area contributed by atoms with E-state index in [1.54, 1.807) is 0 Å². The highest BCUT2D eigenvalue weighted by Crippen LogP contribution is 2.75. The van der Waals surface area contributed by atoms with Gasteiger partial charge < -0.3 is 10.2 Å². The average molecular weight is 443 g/mol. The summed E-state index contributed by atoms with van der Waals surface area (Å²) in [4.78, 5) is 0. The molecule has 0 radical (unpaired) electrons. The Kier molecular flexibility index (Phi) is 5.02. The van der Waals surface area contributed by atoms with Gasteiger partial charge in [0.05, 0.1) is 12.7 Å². The van der Waals surface area contributed by atoms with Crippen molar-refractivity contribution in [1.82, 2.24) is 0 Å². The minimum absolute atomic E-state index is 0.117. The van der Waals surface area contributed by atoms with Crippen LogP contribution in [0.15, 0.2) is 11.6 Å². The summed E-state index contributed by atoms with van der Waals surface area (Å²) in [6.45, 7) is 17.7. The Balaban J connectivity index is 1.57. The maximum atomic E-state index is 10.9. The summed E-state index contributed by atoms with van der Waals surface area (Å²) >= 11 is 0. The van der Waals surface area contributed by atoms with Crippen LogP contribution in [0.1, 0.15) is 113 Å². The first-order chi connectivity index (χ1) is 14.8. The third-order valence-corrected chi connectivity index (χ3v) is 13.2. The molecule has 2 heteroatoms. The summed E-state index contributed by atoms with van der Waals surface area (Å²) in [5, 5.41) is 21.3. The van der Waals surface area contributed by atoms with Crippen molar-refractivity contribution < 1.29 is 10.2 Å². The Hall–Kier alpha value is -0.340. The Morgan fingerprint density at radius 2 is 1.53 bits per heavy atom. The van der Waals surface area contributed by atoms with Crippen LogP contribution in [0.25, 0.3) is 0 Å². The van der Waals surface area contributed by atoms with Crippen molar-refractivity contribution >= 4 is 0 Å². The molecule has 182 valence electrons. The van der Waals surface area contributed by atoms with E-state index >= 15 is 0 Å². The molecule has 0 heterocycles. The first-order valence-corrected chi connectivity index (χ1v) is 13.8. The van der Waals surface area contributed by atoms with Gasteiger partial charge in [0.1, 0.15) is 0 Å². The molecule has 0 aliphatic heterocycles. The lowest BCUT2D eigenvalue weighted by Gasteiger charge is -2.71. The SMILES string of the molecule is CC1(C)CC[C@]2(C)CC[C@]3(C)C(=CC[C@@H]4[C@@]5(C)CCC(O)C(C)(CO)C5CC[C@]43C)[C@H]2C1. The summed E-state index contributed by atoms with van der Waals surface area (Å²) in [5.41, 5.74) is 3.28. The molecule has 4 fully saturated rings. The minimum atomic E-state index is -0.361. The third kappa shape index (κ3) is 2.78. The highest BCUT2D eigenvalue weighted by Gasteiger charge is 2.68. The van der Waals surface area contributed by atoms with Crippen LogP contribution >= 0.6 is 0 Å². The van der Waals surface area contributed by atoms with E-state index in [9.17, 15) is 10.2 Å². The van der Waals surface area contributed by atoms with E-state index < -0.39 is 0 Å². The van der Waals surface area contributed by atoms with Crippen molar-refractivity contribution in [3.63, 3.8) is 0 Å². The highest BCUT2D eigenvalue weighted by atomic mass is 16.3. The number of hydrogen-bond donors (Lipinski definition) is 2. The molecule has 2 nitrogen and oxygen atoms in total. The maximum Gasteiger partial charge on any atom is 0.0618 e. The van der Waals surface area contributed by atoms with Gasteiger partial charge in [-0.2, -0.15) is 0 Å². The number of aliphatic hydroxyl groups is 2. The molecule has 2 N–H and O–H groups in total. The van der Waals surface area contributed by atoms with Gasteiger partial charge in [0.25, 0.3) is 0 Å². The molecule has 5 aliphatic carbocycles. The molecule has 0 aromatic carbocycles. The van der Waals surface area contributed by atoms with Crippen LogP contribution < -0.4 is 0 Å². The smallest absolute Gasteiger partial charge is 0.0618 e. The molecule has 0 bridgehead atoms. The summed E-state index contributed by atoms with van der Waals surface area (Å²) in [7, 11) is 0. The Morgan fingerprint density at radius 3 is 2.22 bits per heavy atom. The third-order valence-electron chi connectivity index (χ3n) is 13.2. The van der Waals surface area contributed by atoms with Gasteiger partial charge in [0.15, 0.2) is 0 Å². The van der Waals surface area contributed by atoms with Gasteiger partial charge in [-0.1, -0.05) is 60.1 Å². The lowest BCUT2D eigenvalue weighted by molar-refractivity contribution is -0.215. The van der Waals surface area contributed by atoms with Crippen molar-refractivity contribution in [1.29, 1.82) is 0 Å². The van der Waals surface area contributed by atoms with Crippen LogP contribution in [-0.4, -0.2) is 22.9 Å². The van der Waals surface area contributed by atoms with E-state index in [0.29, 0.717) is 33.5 Å². The quantitative estimate of drug-likeness (QED) is 0.424. The van der Waals surface area contributed by atoms with Crippen LogP contribution in [0.2, 0.25) is 0 Å². The zero-order chi connectivity index (χ0) is 23.4. The second-order valence-corrected chi connectivity index (χ2v) is 15.1. The van der Waals surface area contributed by atoms with Gasteiger partial charge in [-0.15, -0.1) is 0 Å². The fourth-order valence-electron chi connectivity index (χ4n) is 10.5. The summed E-state index contributed by atoms with van der Waals surface area (Å²) in [6.07, 6.45) is 14.8. The van der Waals surface area contributed by atoms with E-state index in [-0.39, 0.29) is 23.5 Å². The zero-order valence-electron chi connectivity index (χ0n) is 22.1. The summed E-state index contributed by atoms with van der Waals surface area (Å²) < 4.78 is 0. The molecule has 4 saturated carbocycles. The fourth-order valence-corrected chi connectivity index (χ4v) is 10.5. The van der Waals surface area contributed by atoms with Gasteiger partial charge in [-0.3, -0.25) is 0 Å². The molecule has 0 amide bonds. The standard InChI is InChI=1S/C30H50O2/c1-25(2)14-15-26(3)16-17-29(6)20(21(26)18-25)8-9-23-27(4)12-11-24(32)28(5,19-31)22(27)10-13-30(23,29)7/h8,21-24,31-32H,9-19H2,1-7H3/t21-,22?,23-,24?,26-,27+,28?,29-,30-/m1/s1. The molecule has 5 rings (SSSR count). The second-order valence-electron chi connectivity index (χ2n) is 15.1. The molecule has 3 unspecified atom stereocenters. The molecule has 5 aliphatic rings. The number of rotatable bonds is 1. The Bertz CT molecular complexity index is 814. The second kappa shape index (κ2) is 6.87.